The quantitative estimate of drug-likeness (QED) is 0.879. The first kappa shape index (κ1) is 13.1. The molecule has 0 unspecified atom stereocenters. The molecular weight excluding hydrogens is 257 g/mol. The van der Waals surface area contributed by atoms with Crippen LogP contribution in [0.25, 0.3) is 0 Å². The number of hydrogen-bond donors (Lipinski definition) is 1. The third kappa shape index (κ3) is 2.99. The highest BCUT2D eigenvalue weighted by molar-refractivity contribution is 5.29. The minimum Gasteiger partial charge on any atom is -0.494 e. The van der Waals surface area contributed by atoms with E-state index in [9.17, 15) is 4.39 Å². The molecule has 0 amide bonds. The van der Waals surface area contributed by atoms with E-state index in [4.69, 9.17) is 4.74 Å². The Bertz CT molecular complexity index is 593. The van der Waals surface area contributed by atoms with Crippen molar-refractivity contribution >= 4 is 0 Å². The van der Waals surface area contributed by atoms with E-state index in [1.54, 1.807) is 12.3 Å². The highest BCUT2D eigenvalue weighted by Gasteiger charge is 2.20. The molecule has 0 aliphatic heterocycles. The number of nitrogens with one attached hydrogen (secondary N) is 1. The second kappa shape index (κ2) is 5.63. The van der Waals surface area contributed by atoms with Gasteiger partial charge in [0.25, 0.3) is 0 Å². The van der Waals surface area contributed by atoms with Crippen molar-refractivity contribution < 1.29 is 9.13 Å². The normalized spacial score (nSPS) is 14.5. The summed E-state index contributed by atoms with van der Waals surface area (Å²) in [4.78, 5) is 0. The van der Waals surface area contributed by atoms with Crippen molar-refractivity contribution in [1.29, 1.82) is 0 Å². The third-order valence-electron chi connectivity index (χ3n) is 3.50. The number of ether oxygens (including phenoxy) is 1. The van der Waals surface area contributed by atoms with E-state index in [0.29, 0.717) is 12.6 Å². The molecule has 1 heterocycles. The van der Waals surface area contributed by atoms with Gasteiger partial charge in [0.15, 0.2) is 11.6 Å². The first-order chi connectivity index (χ1) is 9.76. The lowest BCUT2D eigenvalue weighted by atomic mass is 10.2. The predicted octanol–water partition coefficient (Wildman–Crippen LogP) is 2.33. The van der Waals surface area contributed by atoms with Crippen molar-refractivity contribution in [3.8, 4) is 5.75 Å². The van der Waals surface area contributed by atoms with Crippen LogP contribution in [-0.2, 0) is 13.1 Å². The number of nitrogens with zero attached hydrogens (tertiary/aromatic N) is 2. The van der Waals surface area contributed by atoms with Crippen LogP contribution in [-0.4, -0.2) is 22.9 Å². The zero-order valence-electron chi connectivity index (χ0n) is 11.5. The van der Waals surface area contributed by atoms with Crippen LogP contribution in [0.5, 0.6) is 5.75 Å². The fourth-order valence-electron chi connectivity index (χ4n) is 2.17. The zero-order valence-corrected chi connectivity index (χ0v) is 11.5. The summed E-state index contributed by atoms with van der Waals surface area (Å²) in [6.07, 6.45) is 4.31. The minimum atomic E-state index is -0.338. The van der Waals surface area contributed by atoms with Crippen molar-refractivity contribution in [3.63, 3.8) is 0 Å². The fraction of sp³-hybridized carbons (Fsp3) is 0.400. The van der Waals surface area contributed by atoms with Gasteiger partial charge >= 0.3 is 0 Å². The maximum Gasteiger partial charge on any atom is 0.165 e. The molecular formula is C15H18FN3O. The number of benzene rings is 1. The van der Waals surface area contributed by atoms with Crippen LogP contribution in [0.3, 0.4) is 0 Å². The number of halogens is 1. The van der Waals surface area contributed by atoms with Gasteiger partial charge in [0.1, 0.15) is 0 Å². The average Bonchev–Trinajstić information content (AvgIpc) is 3.17. The number of aromatic nitrogens is 2. The molecule has 1 N–H and O–H groups in total. The maximum atomic E-state index is 13.7. The second-order valence-electron chi connectivity index (χ2n) is 5.10. The van der Waals surface area contributed by atoms with Crippen LogP contribution >= 0.6 is 0 Å². The standard InChI is InChI=1S/C15H18FN3O/c1-20-15-5-2-11(8-14(15)16)10-19-13(6-7-18-19)9-17-12-3-4-12/h2,5-8,12,17H,3-4,9-10H2,1H3. The van der Waals surface area contributed by atoms with Gasteiger partial charge in [0.2, 0.25) is 0 Å². The lowest BCUT2D eigenvalue weighted by Crippen LogP contribution is -2.18. The molecule has 0 radical (unpaired) electrons. The van der Waals surface area contributed by atoms with Gasteiger partial charge in [-0.05, 0) is 36.6 Å². The number of rotatable bonds is 6. The van der Waals surface area contributed by atoms with Crippen LogP contribution in [0.15, 0.2) is 30.5 Å². The summed E-state index contributed by atoms with van der Waals surface area (Å²) >= 11 is 0. The lowest BCUT2D eigenvalue weighted by Gasteiger charge is -2.09. The summed E-state index contributed by atoms with van der Waals surface area (Å²) in [5.41, 5.74) is 1.99. The molecule has 2 aromatic rings. The van der Waals surface area contributed by atoms with Crippen LogP contribution in [0.2, 0.25) is 0 Å². The molecule has 106 valence electrons. The number of methoxy groups -OCH3 is 1. The van der Waals surface area contributed by atoms with Gasteiger partial charge < -0.3 is 10.1 Å². The molecule has 0 spiro atoms. The van der Waals surface area contributed by atoms with Crippen molar-refractivity contribution in [3.05, 3.63) is 47.5 Å². The van der Waals surface area contributed by atoms with Gasteiger partial charge in [-0.1, -0.05) is 6.07 Å². The summed E-state index contributed by atoms with van der Waals surface area (Å²) in [6.45, 7) is 1.37. The Kier molecular flexibility index (Phi) is 3.69. The highest BCUT2D eigenvalue weighted by atomic mass is 19.1. The van der Waals surface area contributed by atoms with Gasteiger partial charge in [0, 0.05) is 18.8 Å². The molecule has 0 bridgehead atoms. The van der Waals surface area contributed by atoms with E-state index in [-0.39, 0.29) is 11.6 Å². The second-order valence-corrected chi connectivity index (χ2v) is 5.10. The van der Waals surface area contributed by atoms with E-state index in [1.165, 1.54) is 26.0 Å². The van der Waals surface area contributed by atoms with Gasteiger partial charge in [-0.2, -0.15) is 5.10 Å². The monoisotopic (exact) mass is 275 g/mol. The Labute approximate surface area is 117 Å². The molecule has 1 aromatic carbocycles. The molecule has 1 saturated carbocycles. The van der Waals surface area contributed by atoms with Crippen LogP contribution < -0.4 is 10.1 Å². The Morgan fingerprint density at radius 1 is 1.40 bits per heavy atom. The molecule has 1 aliphatic rings. The molecule has 5 heteroatoms. The van der Waals surface area contributed by atoms with Crippen LogP contribution in [0, 0.1) is 5.82 Å². The maximum absolute atomic E-state index is 13.7. The smallest absolute Gasteiger partial charge is 0.165 e. The first-order valence-corrected chi connectivity index (χ1v) is 6.83. The molecule has 3 rings (SSSR count). The zero-order chi connectivity index (χ0) is 13.9. The van der Waals surface area contributed by atoms with E-state index in [1.807, 2.05) is 16.8 Å². The van der Waals surface area contributed by atoms with Gasteiger partial charge in [-0.15, -0.1) is 0 Å². The Balaban J connectivity index is 1.70. The predicted molar refractivity (Wildman–Crippen MR) is 74.1 cm³/mol. The van der Waals surface area contributed by atoms with Crippen molar-refractivity contribution in [1.82, 2.24) is 15.1 Å². The summed E-state index contributed by atoms with van der Waals surface area (Å²) in [6, 6.07) is 7.67. The minimum absolute atomic E-state index is 0.268. The van der Waals surface area contributed by atoms with Crippen molar-refractivity contribution in [2.45, 2.75) is 32.0 Å². The van der Waals surface area contributed by atoms with Gasteiger partial charge in [-0.3, -0.25) is 4.68 Å². The third-order valence-corrected chi connectivity index (χ3v) is 3.50. The average molecular weight is 275 g/mol. The highest BCUT2D eigenvalue weighted by Crippen LogP contribution is 2.20. The number of hydrogen-bond acceptors (Lipinski definition) is 3. The Morgan fingerprint density at radius 2 is 2.25 bits per heavy atom. The molecule has 4 nitrogen and oxygen atoms in total. The summed E-state index contributed by atoms with van der Waals surface area (Å²) in [7, 11) is 1.47. The van der Waals surface area contributed by atoms with Gasteiger partial charge in [-0.25, -0.2) is 4.39 Å². The van der Waals surface area contributed by atoms with E-state index >= 15 is 0 Å². The Hall–Kier alpha value is -1.88. The SMILES string of the molecule is COc1ccc(Cn2nccc2CNC2CC2)cc1F. The molecule has 20 heavy (non-hydrogen) atoms. The van der Waals surface area contributed by atoms with Crippen molar-refractivity contribution in [2.75, 3.05) is 7.11 Å². The van der Waals surface area contributed by atoms with Crippen molar-refractivity contribution in [2.24, 2.45) is 0 Å². The van der Waals surface area contributed by atoms with Crippen LogP contribution in [0.1, 0.15) is 24.1 Å². The summed E-state index contributed by atoms with van der Waals surface area (Å²) < 4.78 is 20.5. The largest absolute Gasteiger partial charge is 0.494 e. The fourth-order valence-corrected chi connectivity index (χ4v) is 2.17. The van der Waals surface area contributed by atoms with E-state index < -0.39 is 0 Å². The molecule has 1 aromatic heterocycles. The lowest BCUT2D eigenvalue weighted by molar-refractivity contribution is 0.386. The molecule has 0 atom stereocenters. The topological polar surface area (TPSA) is 39.1 Å². The molecule has 1 fully saturated rings. The first-order valence-electron chi connectivity index (χ1n) is 6.83. The molecule has 1 aliphatic carbocycles. The van der Waals surface area contributed by atoms with E-state index in [2.05, 4.69) is 10.4 Å². The molecule has 0 saturated heterocycles. The Morgan fingerprint density at radius 3 is 2.95 bits per heavy atom. The van der Waals surface area contributed by atoms with E-state index in [0.717, 1.165) is 17.8 Å². The summed E-state index contributed by atoms with van der Waals surface area (Å²) in [5.74, 6) is -0.0698. The van der Waals surface area contributed by atoms with Gasteiger partial charge in [0.05, 0.1) is 19.3 Å². The summed E-state index contributed by atoms with van der Waals surface area (Å²) in [5, 5.41) is 7.76. The van der Waals surface area contributed by atoms with Crippen LogP contribution in [0.4, 0.5) is 4.39 Å².